The number of alkyl halides is 3. The Kier molecular flexibility index (Phi) is 6.16. The number of hydrogen-bond acceptors (Lipinski definition) is 4. The topological polar surface area (TPSA) is 69.0 Å². The predicted molar refractivity (Wildman–Crippen MR) is 99.6 cm³/mol. The lowest BCUT2D eigenvalue weighted by molar-refractivity contribution is -0.137. The number of nitrogens with one attached hydrogen (secondary N) is 1. The van der Waals surface area contributed by atoms with Crippen molar-refractivity contribution in [1.82, 2.24) is 20.3 Å². The number of carbonyl (C=O) groups excluding carboxylic acids is 1. The normalized spacial score (nSPS) is 11.3. The summed E-state index contributed by atoms with van der Waals surface area (Å²) in [5.74, 6) is 0.337. The maximum absolute atomic E-state index is 12.8. The Morgan fingerprint density at radius 3 is 2.72 bits per heavy atom. The van der Waals surface area contributed by atoms with E-state index in [9.17, 15) is 18.0 Å². The van der Waals surface area contributed by atoms with E-state index in [-0.39, 0.29) is 12.2 Å². The van der Waals surface area contributed by atoms with E-state index < -0.39 is 17.6 Å². The van der Waals surface area contributed by atoms with Gasteiger partial charge in [-0.25, -0.2) is 4.68 Å². The summed E-state index contributed by atoms with van der Waals surface area (Å²) in [5, 5.41) is 10.4. The van der Waals surface area contributed by atoms with Gasteiger partial charge in [0.15, 0.2) is 5.69 Å². The minimum Gasteiger partial charge on any atom is -0.496 e. The van der Waals surface area contributed by atoms with Gasteiger partial charge in [-0.05, 0) is 35.7 Å². The summed E-state index contributed by atoms with van der Waals surface area (Å²) in [7, 11) is 1.58. The van der Waals surface area contributed by atoms with Crippen LogP contribution in [0.5, 0.6) is 5.75 Å². The second-order valence-corrected chi connectivity index (χ2v) is 6.32. The van der Waals surface area contributed by atoms with Crippen molar-refractivity contribution in [3.05, 3.63) is 77.1 Å². The maximum Gasteiger partial charge on any atom is 0.416 e. The molecule has 0 aliphatic heterocycles. The second-order valence-electron chi connectivity index (χ2n) is 6.32. The molecule has 0 unspecified atom stereocenters. The first-order valence-electron chi connectivity index (χ1n) is 8.83. The van der Waals surface area contributed by atoms with E-state index in [1.165, 1.54) is 16.9 Å². The van der Waals surface area contributed by atoms with Crippen molar-refractivity contribution in [2.75, 3.05) is 13.7 Å². The van der Waals surface area contributed by atoms with Crippen LogP contribution in [0.25, 0.3) is 0 Å². The van der Waals surface area contributed by atoms with E-state index in [0.717, 1.165) is 23.4 Å². The molecule has 0 bridgehead atoms. The van der Waals surface area contributed by atoms with E-state index in [4.69, 9.17) is 4.74 Å². The first-order valence-corrected chi connectivity index (χ1v) is 8.83. The molecule has 0 saturated carbocycles. The van der Waals surface area contributed by atoms with Gasteiger partial charge in [0.2, 0.25) is 0 Å². The Hall–Kier alpha value is -3.36. The molecule has 6 nitrogen and oxygen atoms in total. The SMILES string of the molecule is COc1ccccc1CCNC(=O)c1cn(Cc2cccc(C(F)(F)F)c2)nn1. The van der Waals surface area contributed by atoms with E-state index >= 15 is 0 Å². The van der Waals surface area contributed by atoms with Gasteiger partial charge in [-0.1, -0.05) is 35.5 Å². The molecule has 1 aromatic heterocycles. The molecule has 9 heteroatoms. The average Bonchev–Trinajstić information content (AvgIpc) is 3.16. The van der Waals surface area contributed by atoms with Crippen LogP contribution < -0.4 is 10.1 Å². The smallest absolute Gasteiger partial charge is 0.416 e. The van der Waals surface area contributed by atoms with E-state index in [1.807, 2.05) is 24.3 Å². The highest BCUT2D eigenvalue weighted by molar-refractivity contribution is 5.91. The van der Waals surface area contributed by atoms with Crippen LogP contribution in [0, 0.1) is 0 Å². The van der Waals surface area contributed by atoms with Crippen molar-refractivity contribution in [2.45, 2.75) is 19.1 Å². The van der Waals surface area contributed by atoms with Crippen molar-refractivity contribution in [1.29, 1.82) is 0 Å². The molecule has 29 heavy (non-hydrogen) atoms. The van der Waals surface area contributed by atoms with Crippen molar-refractivity contribution in [2.24, 2.45) is 0 Å². The van der Waals surface area contributed by atoms with Crippen LogP contribution in [-0.4, -0.2) is 34.6 Å². The monoisotopic (exact) mass is 404 g/mol. The van der Waals surface area contributed by atoms with Crippen LogP contribution >= 0.6 is 0 Å². The number of nitrogens with zero attached hydrogens (tertiary/aromatic N) is 3. The number of ether oxygens (including phenoxy) is 1. The molecule has 3 rings (SSSR count). The first kappa shape index (κ1) is 20.4. The maximum atomic E-state index is 12.8. The van der Waals surface area contributed by atoms with Gasteiger partial charge in [-0.3, -0.25) is 4.79 Å². The Morgan fingerprint density at radius 1 is 1.17 bits per heavy atom. The van der Waals surface area contributed by atoms with E-state index in [2.05, 4.69) is 15.6 Å². The third-order valence-corrected chi connectivity index (χ3v) is 4.24. The Labute approximate surface area is 165 Å². The largest absolute Gasteiger partial charge is 0.496 e. The van der Waals surface area contributed by atoms with Gasteiger partial charge in [-0.2, -0.15) is 13.2 Å². The Morgan fingerprint density at radius 2 is 1.97 bits per heavy atom. The molecule has 1 N–H and O–H groups in total. The minimum atomic E-state index is -4.41. The van der Waals surface area contributed by atoms with Crippen LogP contribution in [0.3, 0.4) is 0 Å². The highest BCUT2D eigenvalue weighted by Crippen LogP contribution is 2.29. The zero-order valence-corrected chi connectivity index (χ0v) is 15.6. The molecular weight excluding hydrogens is 385 g/mol. The van der Waals surface area contributed by atoms with E-state index in [0.29, 0.717) is 18.5 Å². The fourth-order valence-corrected chi connectivity index (χ4v) is 2.82. The fraction of sp³-hybridized carbons (Fsp3) is 0.250. The van der Waals surface area contributed by atoms with Crippen LogP contribution in [0.2, 0.25) is 0 Å². The molecule has 0 saturated heterocycles. The zero-order chi connectivity index (χ0) is 20.9. The van der Waals surface area contributed by atoms with Crippen LogP contribution in [0.15, 0.2) is 54.7 Å². The van der Waals surface area contributed by atoms with Gasteiger partial charge in [0.05, 0.1) is 25.4 Å². The number of amides is 1. The number of methoxy groups -OCH3 is 1. The van der Waals surface area contributed by atoms with Gasteiger partial charge in [0.1, 0.15) is 5.75 Å². The van der Waals surface area contributed by atoms with Crippen molar-refractivity contribution in [3.63, 3.8) is 0 Å². The summed E-state index contributed by atoms with van der Waals surface area (Å²) in [6.07, 6.45) is -2.43. The molecule has 0 aliphatic carbocycles. The predicted octanol–water partition coefficient (Wildman–Crippen LogP) is 3.33. The number of rotatable bonds is 7. The number of hydrogen-bond donors (Lipinski definition) is 1. The lowest BCUT2D eigenvalue weighted by Gasteiger charge is -2.08. The Balaban J connectivity index is 1.57. The fourth-order valence-electron chi connectivity index (χ4n) is 2.82. The van der Waals surface area contributed by atoms with Gasteiger partial charge in [-0.15, -0.1) is 5.10 Å². The van der Waals surface area contributed by atoms with Gasteiger partial charge >= 0.3 is 6.18 Å². The molecule has 0 spiro atoms. The average molecular weight is 404 g/mol. The summed E-state index contributed by atoms with van der Waals surface area (Å²) in [6, 6.07) is 12.5. The molecule has 152 valence electrons. The van der Waals surface area contributed by atoms with Crippen LogP contribution in [-0.2, 0) is 19.1 Å². The van der Waals surface area contributed by atoms with Crippen LogP contribution in [0.1, 0.15) is 27.2 Å². The first-order chi connectivity index (χ1) is 13.9. The quantitative estimate of drug-likeness (QED) is 0.656. The summed E-state index contributed by atoms with van der Waals surface area (Å²) >= 11 is 0. The molecule has 1 amide bonds. The van der Waals surface area contributed by atoms with Gasteiger partial charge in [0, 0.05) is 6.54 Å². The number of carbonyl (C=O) groups is 1. The molecular formula is C20H19F3N4O2. The molecule has 2 aromatic carbocycles. The van der Waals surface area contributed by atoms with E-state index in [1.54, 1.807) is 13.2 Å². The Bertz CT molecular complexity index is 986. The number of para-hydroxylation sites is 1. The lowest BCUT2D eigenvalue weighted by Crippen LogP contribution is -2.26. The minimum absolute atomic E-state index is 0.0748. The van der Waals surface area contributed by atoms with Gasteiger partial charge in [0.25, 0.3) is 5.91 Å². The van der Waals surface area contributed by atoms with Crippen molar-refractivity contribution < 1.29 is 22.7 Å². The molecule has 0 fully saturated rings. The summed E-state index contributed by atoms with van der Waals surface area (Å²) in [5.41, 5.74) is 0.734. The third-order valence-electron chi connectivity index (χ3n) is 4.24. The molecule has 0 atom stereocenters. The number of aromatic nitrogens is 3. The van der Waals surface area contributed by atoms with Crippen LogP contribution in [0.4, 0.5) is 13.2 Å². The van der Waals surface area contributed by atoms with Crippen molar-refractivity contribution >= 4 is 5.91 Å². The third kappa shape index (κ3) is 5.34. The standard InChI is InChI=1S/C20H19F3N4O2/c1-29-18-8-3-2-6-15(18)9-10-24-19(28)17-13-27(26-25-17)12-14-5-4-7-16(11-14)20(21,22)23/h2-8,11,13H,9-10,12H2,1H3,(H,24,28). The second kappa shape index (κ2) is 8.76. The zero-order valence-electron chi connectivity index (χ0n) is 15.6. The molecule has 3 aromatic rings. The van der Waals surface area contributed by atoms with Gasteiger partial charge < -0.3 is 10.1 Å². The summed E-state index contributed by atoms with van der Waals surface area (Å²) < 4.78 is 45.0. The number of benzene rings is 2. The summed E-state index contributed by atoms with van der Waals surface area (Å²) in [6.45, 7) is 0.450. The number of halogens is 3. The summed E-state index contributed by atoms with van der Waals surface area (Å²) in [4.78, 5) is 12.2. The molecule has 0 aliphatic rings. The van der Waals surface area contributed by atoms with Crippen molar-refractivity contribution in [3.8, 4) is 5.75 Å². The lowest BCUT2D eigenvalue weighted by atomic mass is 10.1. The molecule has 1 heterocycles. The molecule has 0 radical (unpaired) electrons. The highest BCUT2D eigenvalue weighted by Gasteiger charge is 2.30. The highest BCUT2D eigenvalue weighted by atomic mass is 19.4.